The Hall–Kier alpha value is -4.85. The van der Waals surface area contributed by atoms with Crippen molar-refractivity contribution in [1.29, 1.82) is 0 Å². The summed E-state index contributed by atoms with van der Waals surface area (Å²) in [6.45, 7) is 26.4. The molecule has 0 saturated heterocycles. The van der Waals surface area contributed by atoms with E-state index in [2.05, 4.69) is 24.3 Å². The second-order valence-corrected chi connectivity index (χ2v) is 15.2. The summed E-state index contributed by atoms with van der Waals surface area (Å²) in [4.78, 5) is 36.8. The Morgan fingerprint density at radius 2 is 0.673 bits per heavy atom. The van der Waals surface area contributed by atoms with Crippen LogP contribution in [0.4, 0.5) is 0 Å². The molecule has 2 atom stereocenters. The molecule has 0 bridgehead atoms. The molecule has 6 nitrogen and oxygen atoms in total. The maximum atomic E-state index is 14.2. The first kappa shape index (κ1) is 44.5. The molecule has 0 aromatic heterocycles. The molecule has 0 spiro atoms. The topological polar surface area (TPSA) is 105 Å². The van der Waals surface area contributed by atoms with E-state index in [0.29, 0.717) is 11.1 Å². The van der Waals surface area contributed by atoms with Gasteiger partial charge in [-0.15, -0.1) is 0 Å². The number of nitrogens with zero attached hydrogens (tertiary/aromatic N) is 2. The van der Waals surface area contributed by atoms with Crippen molar-refractivity contribution in [2.75, 3.05) is 0 Å². The van der Waals surface area contributed by atoms with Crippen molar-refractivity contribution in [3.63, 3.8) is 0 Å². The third-order valence-electron chi connectivity index (χ3n) is 10.2. The van der Waals surface area contributed by atoms with E-state index in [1.165, 1.54) is 26.3 Å². The number of aliphatic imine (C=N–C) groups is 2. The summed E-state index contributed by atoms with van der Waals surface area (Å²) >= 11 is 0. The van der Waals surface area contributed by atoms with Gasteiger partial charge in [0.15, 0.2) is 11.6 Å². The van der Waals surface area contributed by atoms with Gasteiger partial charge in [-0.3, -0.25) is 19.6 Å². The van der Waals surface area contributed by atoms with Gasteiger partial charge in [0.2, 0.25) is 0 Å². The number of benzene rings is 4. The van der Waals surface area contributed by atoms with Crippen molar-refractivity contribution < 1.29 is 36.6 Å². The van der Waals surface area contributed by atoms with E-state index in [1.54, 1.807) is 0 Å². The Morgan fingerprint density at radius 3 is 0.891 bits per heavy atom. The van der Waals surface area contributed by atoms with Crippen LogP contribution < -0.4 is 10.2 Å². The number of ketones is 2. The molecule has 0 amide bonds. The second-order valence-electron chi connectivity index (χ2n) is 15.2. The Balaban J connectivity index is 0.00000812. The molecular weight excluding hydrogens is 727 g/mol. The van der Waals surface area contributed by atoms with E-state index >= 15 is 0 Å². The van der Waals surface area contributed by atoms with Crippen LogP contribution in [0.25, 0.3) is 11.5 Å². The van der Waals surface area contributed by atoms with Gasteiger partial charge in [0, 0.05) is 23.6 Å². The molecule has 0 fully saturated rings. The largest absolute Gasteiger partial charge is 2.00 e. The monoisotopic (exact) mass is 781 g/mol. The Labute approximate surface area is 338 Å². The summed E-state index contributed by atoms with van der Waals surface area (Å²) < 4.78 is 0. The fourth-order valence-corrected chi connectivity index (χ4v) is 8.22. The molecule has 0 saturated carbocycles. The van der Waals surface area contributed by atoms with Crippen LogP contribution in [0.3, 0.4) is 0 Å². The van der Waals surface area contributed by atoms with E-state index in [-0.39, 0.29) is 39.4 Å². The summed E-state index contributed by atoms with van der Waals surface area (Å²) in [5.74, 6) is -1.57. The van der Waals surface area contributed by atoms with Crippen LogP contribution >= 0.6 is 0 Å². The second kappa shape index (κ2) is 18.2. The van der Waals surface area contributed by atoms with Gasteiger partial charge >= 0.3 is 16.8 Å². The van der Waals surface area contributed by atoms with Crippen LogP contribution in [0.2, 0.25) is 0 Å². The molecule has 1 radical (unpaired) electrons. The zero-order valence-electron chi connectivity index (χ0n) is 34.8. The normalized spacial score (nSPS) is 13.7. The Morgan fingerprint density at radius 1 is 0.455 bits per heavy atom. The van der Waals surface area contributed by atoms with Gasteiger partial charge in [0.1, 0.15) is 12.1 Å². The average Bonchev–Trinajstić information content (AvgIpc) is 3.01. The smallest absolute Gasteiger partial charge is 0.872 e. The molecule has 55 heavy (non-hydrogen) atoms. The summed E-state index contributed by atoms with van der Waals surface area (Å²) in [5, 5.41) is 28.3. The van der Waals surface area contributed by atoms with Gasteiger partial charge < -0.3 is 10.2 Å². The van der Waals surface area contributed by atoms with Crippen LogP contribution in [-0.2, 0) is 26.4 Å². The predicted octanol–water partition coefficient (Wildman–Crippen LogP) is 9.03. The number of rotatable bonds is 11. The number of aryl methyl sites for hydroxylation is 12. The predicted molar refractivity (Wildman–Crippen MR) is 220 cm³/mol. The molecular formula is C48H54CoN2O4. The molecule has 289 valence electrons. The number of hydrogen-bond acceptors (Lipinski definition) is 6. The molecule has 0 aliphatic heterocycles. The standard InChI is InChI=1S/C48H56N2O4.Co/c1-25-15-29(5)41(30(6)16-25)45(49-23-39(37(13)51)47(53)43-33(9)19-27(3)20-34(43)10)46(42-31(7)17-26(2)18-32(42)8)50-24-40(38(14)52)48(54)44-35(11)21-28(4)22-36(44)12;/h15-24,45-46,53-54H,1-14H3;/q;+2/p-2/b47-39-,48-40-,49-23?,50-24?;/t45-,46-;/m0./s1. The fraction of sp³-hybridized carbons (Fsp3) is 0.333. The van der Waals surface area contributed by atoms with Crippen LogP contribution in [-0.4, -0.2) is 24.0 Å². The number of allylic oxidation sites excluding steroid dienone is 2. The van der Waals surface area contributed by atoms with Crippen LogP contribution in [0.5, 0.6) is 0 Å². The van der Waals surface area contributed by atoms with Crippen LogP contribution in [0, 0.1) is 83.1 Å². The van der Waals surface area contributed by atoms with Gasteiger partial charge in [-0.25, -0.2) is 0 Å². The van der Waals surface area contributed by atoms with Crippen molar-refractivity contribution in [1.82, 2.24) is 0 Å². The van der Waals surface area contributed by atoms with Crippen LogP contribution in [0.15, 0.2) is 69.7 Å². The fourth-order valence-electron chi connectivity index (χ4n) is 8.22. The average molecular weight is 782 g/mol. The number of carbonyl (C=O) groups excluding carboxylic acids is 2. The van der Waals surface area contributed by atoms with Gasteiger partial charge in [-0.1, -0.05) is 82.3 Å². The third-order valence-corrected chi connectivity index (χ3v) is 10.2. The van der Waals surface area contributed by atoms with E-state index in [9.17, 15) is 19.8 Å². The number of Topliss-reactive ketones (excluding diaryl/α,β-unsaturated/α-hetero) is 2. The first-order valence-corrected chi connectivity index (χ1v) is 18.5. The molecule has 4 aromatic rings. The quantitative estimate of drug-likeness (QED) is 0.0861. The molecule has 0 aliphatic carbocycles. The van der Waals surface area contributed by atoms with E-state index in [4.69, 9.17) is 9.98 Å². The molecule has 4 rings (SSSR count). The van der Waals surface area contributed by atoms with Crippen molar-refractivity contribution in [3.05, 3.63) is 149 Å². The van der Waals surface area contributed by atoms with Crippen molar-refractivity contribution >= 4 is 35.5 Å². The minimum atomic E-state index is -0.740. The summed E-state index contributed by atoms with van der Waals surface area (Å²) in [7, 11) is 0. The first-order valence-electron chi connectivity index (χ1n) is 18.5. The number of hydrogen-bond donors (Lipinski definition) is 0. The molecule has 0 aliphatic rings. The van der Waals surface area contributed by atoms with Gasteiger partial charge in [-0.05, 0) is 164 Å². The summed E-state index contributed by atoms with van der Waals surface area (Å²) in [6, 6.07) is 14.6. The molecule has 4 aromatic carbocycles. The SMILES string of the molecule is CC(=O)/C(C=N[C@@H](c1c(C)cc(C)cc1C)[C@@H](N=C/C(C(C)=O)=C(/[O-])c1c(C)cc(C)cc1C)c1c(C)cc(C)cc1C)=C(\[O-])c1c(C)cc(C)cc1C.[Co+2]. The minimum absolute atomic E-state index is 0. The van der Waals surface area contributed by atoms with Gasteiger partial charge in [0.05, 0.1) is 0 Å². The van der Waals surface area contributed by atoms with Gasteiger partial charge in [0.25, 0.3) is 0 Å². The van der Waals surface area contributed by atoms with E-state index in [1.807, 2.05) is 107 Å². The third kappa shape index (κ3) is 9.88. The van der Waals surface area contributed by atoms with E-state index in [0.717, 1.165) is 77.9 Å². The van der Waals surface area contributed by atoms with Crippen molar-refractivity contribution in [3.8, 4) is 0 Å². The molecule has 0 unspecified atom stereocenters. The summed E-state index contributed by atoms with van der Waals surface area (Å²) in [5.41, 5.74) is 13.9. The van der Waals surface area contributed by atoms with Crippen LogP contribution in [0.1, 0.15) is 115 Å². The zero-order valence-corrected chi connectivity index (χ0v) is 35.8. The Kier molecular flexibility index (Phi) is 14.7. The number of carbonyl (C=O) groups is 2. The van der Waals surface area contributed by atoms with Gasteiger partial charge in [-0.2, -0.15) is 0 Å². The maximum absolute atomic E-state index is 14.2. The first-order chi connectivity index (χ1) is 25.2. The van der Waals surface area contributed by atoms with E-state index < -0.39 is 23.7 Å². The maximum Gasteiger partial charge on any atom is 2.00 e. The minimum Gasteiger partial charge on any atom is -0.872 e. The molecule has 0 heterocycles. The summed E-state index contributed by atoms with van der Waals surface area (Å²) in [6.07, 6.45) is 2.82. The zero-order chi connectivity index (χ0) is 40.3. The molecule has 0 N–H and O–H groups in total. The Bertz CT molecular complexity index is 2040. The van der Waals surface area contributed by atoms with Crippen molar-refractivity contribution in [2.45, 2.75) is 109 Å². The van der Waals surface area contributed by atoms with Crippen molar-refractivity contribution in [2.24, 2.45) is 9.98 Å². The molecule has 7 heteroatoms.